The van der Waals surface area contributed by atoms with Crippen molar-refractivity contribution in [3.8, 4) is 11.3 Å². The first-order valence-corrected chi connectivity index (χ1v) is 5.64. The van der Waals surface area contributed by atoms with Gasteiger partial charge in [0.2, 0.25) is 0 Å². The molecule has 2 heterocycles. The van der Waals surface area contributed by atoms with E-state index >= 15 is 0 Å². The maximum absolute atomic E-state index is 11.0. The first-order valence-electron chi connectivity index (χ1n) is 5.64. The summed E-state index contributed by atoms with van der Waals surface area (Å²) in [6.07, 6.45) is 4.29. The van der Waals surface area contributed by atoms with Crippen molar-refractivity contribution >= 4 is 6.29 Å². The Morgan fingerprint density at radius 2 is 2.06 bits per heavy atom. The van der Waals surface area contributed by atoms with E-state index in [0.29, 0.717) is 11.6 Å². The van der Waals surface area contributed by atoms with Gasteiger partial charge in [0.1, 0.15) is 5.69 Å². The van der Waals surface area contributed by atoms with E-state index in [2.05, 4.69) is 23.9 Å². The van der Waals surface area contributed by atoms with Crippen molar-refractivity contribution in [3.05, 3.63) is 36.3 Å². The second-order valence-electron chi connectivity index (χ2n) is 4.38. The number of carbonyl (C=O) groups is 1. The summed E-state index contributed by atoms with van der Waals surface area (Å²) < 4.78 is 1.76. The molecule has 0 saturated heterocycles. The molecular formula is C13H15N3O. The van der Waals surface area contributed by atoms with Crippen molar-refractivity contribution < 1.29 is 4.79 Å². The topological polar surface area (TPSA) is 47.8 Å². The van der Waals surface area contributed by atoms with E-state index < -0.39 is 0 Å². The Labute approximate surface area is 100 Å². The molecule has 0 aliphatic rings. The average Bonchev–Trinajstić information content (AvgIpc) is 2.72. The minimum atomic E-state index is 0.457. The van der Waals surface area contributed by atoms with E-state index in [1.165, 1.54) is 0 Å². The molecule has 17 heavy (non-hydrogen) atoms. The maximum atomic E-state index is 11.0. The maximum Gasteiger partial charge on any atom is 0.168 e. The molecule has 0 aliphatic heterocycles. The number of aromatic nitrogens is 3. The molecule has 2 aromatic heterocycles. The van der Waals surface area contributed by atoms with Crippen LogP contribution in [-0.4, -0.2) is 21.1 Å². The lowest BCUT2D eigenvalue weighted by Crippen LogP contribution is -2.09. The Morgan fingerprint density at radius 3 is 2.65 bits per heavy atom. The third-order valence-electron chi connectivity index (χ3n) is 2.45. The minimum absolute atomic E-state index is 0.457. The molecule has 0 atom stereocenters. The molecule has 2 aromatic rings. The second-order valence-corrected chi connectivity index (χ2v) is 4.38. The van der Waals surface area contributed by atoms with Crippen LogP contribution in [0.5, 0.6) is 0 Å². The highest BCUT2D eigenvalue weighted by Gasteiger charge is 2.09. The van der Waals surface area contributed by atoms with Crippen LogP contribution in [0.1, 0.15) is 24.3 Å². The summed E-state index contributed by atoms with van der Waals surface area (Å²) in [6, 6.07) is 5.58. The van der Waals surface area contributed by atoms with Gasteiger partial charge in [-0.1, -0.05) is 13.8 Å². The summed E-state index contributed by atoms with van der Waals surface area (Å²) in [7, 11) is 0. The molecule has 0 amide bonds. The van der Waals surface area contributed by atoms with Gasteiger partial charge in [-0.2, -0.15) is 5.10 Å². The molecular weight excluding hydrogens is 214 g/mol. The second kappa shape index (κ2) is 4.91. The fraction of sp³-hybridized carbons (Fsp3) is 0.308. The summed E-state index contributed by atoms with van der Waals surface area (Å²) in [5, 5.41) is 4.45. The quantitative estimate of drug-likeness (QED) is 0.756. The van der Waals surface area contributed by atoms with Gasteiger partial charge >= 0.3 is 0 Å². The van der Waals surface area contributed by atoms with Crippen LogP contribution in [-0.2, 0) is 6.54 Å². The Balaban J connectivity index is 2.37. The highest BCUT2D eigenvalue weighted by atomic mass is 16.1. The van der Waals surface area contributed by atoms with Gasteiger partial charge in [0.25, 0.3) is 0 Å². The number of pyridine rings is 1. The van der Waals surface area contributed by atoms with Crippen LogP contribution in [0, 0.1) is 5.92 Å². The smallest absolute Gasteiger partial charge is 0.168 e. The molecule has 88 valence electrons. The summed E-state index contributed by atoms with van der Waals surface area (Å²) in [5.41, 5.74) is 2.41. The number of hydrogen-bond acceptors (Lipinski definition) is 3. The molecule has 4 nitrogen and oxygen atoms in total. The predicted octanol–water partition coefficient (Wildman–Crippen LogP) is 2.41. The van der Waals surface area contributed by atoms with Crippen molar-refractivity contribution in [2.24, 2.45) is 5.92 Å². The van der Waals surface area contributed by atoms with E-state index in [-0.39, 0.29) is 0 Å². The van der Waals surface area contributed by atoms with E-state index in [0.717, 1.165) is 24.1 Å². The van der Waals surface area contributed by atoms with Crippen LogP contribution in [0.15, 0.2) is 30.6 Å². The van der Waals surface area contributed by atoms with Crippen LogP contribution in [0.4, 0.5) is 0 Å². The van der Waals surface area contributed by atoms with Crippen molar-refractivity contribution in [2.45, 2.75) is 20.4 Å². The van der Waals surface area contributed by atoms with Gasteiger partial charge in [-0.25, -0.2) is 0 Å². The van der Waals surface area contributed by atoms with Crippen LogP contribution < -0.4 is 0 Å². The Morgan fingerprint density at radius 1 is 1.35 bits per heavy atom. The van der Waals surface area contributed by atoms with E-state index in [1.54, 1.807) is 17.1 Å². The molecule has 0 aromatic carbocycles. The molecule has 0 unspecified atom stereocenters. The van der Waals surface area contributed by atoms with Gasteiger partial charge in [-0.3, -0.25) is 14.5 Å². The first kappa shape index (κ1) is 11.5. The number of aldehydes is 1. The van der Waals surface area contributed by atoms with Crippen molar-refractivity contribution in [1.82, 2.24) is 14.8 Å². The summed E-state index contributed by atoms with van der Waals surface area (Å²) in [6.45, 7) is 4.95. The van der Waals surface area contributed by atoms with Crippen molar-refractivity contribution in [1.29, 1.82) is 0 Å². The zero-order valence-corrected chi connectivity index (χ0v) is 10.00. The molecule has 0 N–H and O–H groups in total. The van der Waals surface area contributed by atoms with Gasteiger partial charge < -0.3 is 0 Å². The molecule has 0 saturated carbocycles. The molecule has 4 heteroatoms. The van der Waals surface area contributed by atoms with E-state index in [1.807, 2.05) is 18.2 Å². The normalized spacial score (nSPS) is 10.8. The number of hydrogen-bond donors (Lipinski definition) is 0. The highest BCUT2D eigenvalue weighted by molar-refractivity contribution is 5.75. The summed E-state index contributed by atoms with van der Waals surface area (Å²) >= 11 is 0. The first-order chi connectivity index (χ1) is 8.20. The molecule has 2 rings (SSSR count). The predicted molar refractivity (Wildman–Crippen MR) is 65.7 cm³/mol. The SMILES string of the molecule is CC(C)Cn1nc(-c2ccncc2)cc1C=O. The van der Waals surface area contributed by atoms with Crippen LogP contribution in [0.25, 0.3) is 11.3 Å². The van der Waals surface area contributed by atoms with Crippen molar-refractivity contribution in [3.63, 3.8) is 0 Å². The lowest BCUT2D eigenvalue weighted by atomic mass is 10.2. The lowest BCUT2D eigenvalue weighted by molar-refractivity contribution is 0.111. The van der Waals surface area contributed by atoms with Gasteiger partial charge in [0, 0.05) is 24.5 Å². The summed E-state index contributed by atoms with van der Waals surface area (Å²) in [4.78, 5) is 14.9. The number of carbonyl (C=O) groups excluding carboxylic acids is 1. The zero-order valence-electron chi connectivity index (χ0n) is 10.00. The highest BCUT2D eigenvalue weighted by Crippen LogP contribution is 2.18. The Hall–Kier alpha value is -1.97. The monoisotopic (exact) mass is 229 g/mol. The standard InChI is InChI=1S/C13H15N3O/c1-10(2)8-16-12(9-17)7-13(15-16)11-3-5-14-6-4-11/h3-7,9-10H,8H2,1-2H3. The molecule has 0 radical (unpaired) electrons. The fourth-order valence-corrected chi connectivity index (χ4v) is 1.68. The Bertz CT molecular complexity index is 503. The van der Waals surface area contributed by atoms with Gasteiger partial charge in [0.15, 0.2) is 6.29 Å². The zero-order chi connectivity index (χ0) is 12.3. The van der Waals surface area contributed by atoms with Crippen LogP contribution in [0.2, 0.25) is 0 Å². The lowest BCUT2D eigenvalue weighted by Gasteiger charge is -2.05. The van der Waals surface area contributed by atoms with Crippen LogP contribution in [0.3, 0.4) is 0 Å². The molecule has 0 fully saturated rings. The third-order valence-corrected chi connectivity index (χ3v) is 2.45. The Kier molecular flexibility index (Phi) is 3.32. The molecule has 0 bridgehead atoms. The van der Waals surface area contributed by atoms with Crippen LogP contribution >= 0.6 is 0 Å². The fourth-order valence-electron chi connectivity index (χ4n) is 1.68. The number of nitrogens with zero attached hydrogens (tertiary/aromatic N) is 3. The van der Waals surface area contributed by atoms with Gasteiger partial charge in [-0.15, -0.1) is 0 Å². The third kappa shape index (κ3) is 2.58. The minimum Gasteiger partial charge on any atom is -0.296 e. The summed E-state index contributed by atoms with van der Waals surface area (Å²) in [5.74, 6) is 0.457. The molecule has 0 aliphatic carbocycles. The largest absolute Gasteiger partial charge is 0.296 e. The van der Waals surface area contributed by atoms with E-state index in [4.69, 9.17) is 0 Å². The average molecular weight is 229 g/mol. The van der Waals surface area contributed by atoms with Gasteiger partial charge in [0.05, 0.1) is 5.69 Å². The van der Waals surface area contributed by atoms with Gasteiger partial charge in [-0.05, 0) is 24.1 Å². The van der Waals surface area contributed by atoms with E-state index in [9.17, 15) is 4.79 Å². The van der Waals surface area contributed by atoms with Crippen molar-refractivity contribution in [2.75, 3.05) is 0 Å². The number of rotatable bonds is 4. The molecule has 0 spiro atoms.